The second kappa shape index (κ2) is 19.7. The standard InChI is InChI=1S/C44H29N5O13S3.3Na/c45-40-33-17-31(64(57,58)59)19-35-39(33)36(20-37(40)65(60,61)62)44(53)49(43(35)52)22-24-6-12-28(13-7-24)46-47-29-14-10-26(11-15-29)25-8-4-23(5-9-25)21-48-41(50)32-3-1-2-27-16-30(63(54,55)56)18-34(38(27)32)42(48)51;;;/h1-20H,21-22,45H2,(H,54,55,56)(H,57,58,59)(H,60,61,62);;;/q;3*+1/p-3. The van der Waals surface area contributed by atoms with E-state index in [0.29, 0.717) is 27.4 Å². The van der Waals surface area contributed by atoms with Gasteiger partial charge >= 0.3 is 88.7 Å². The summed E-state index contributed by atoms with van der Waals surface area (Å²) in [5, 5.41) is 8.44. The molecule has 2 heterocycles. The average molecular weight is 998 g/mol. The topological polar surface area (TPSA) is 297 Å². The van der Waals surface area contributed by atoms with E-state index in [0.717, 1.165) is 46.4 Å². The van der Waals surface area contributed by atoms with Crippen molar-refractivity contribution in [3.63, 3.8) is 0 Å². The minimum absolute atomic E-state index is 0. The third-order valence-electron chi connectivity index (χ3n) is 11.0. The van der Waals surface area contributed by atoms with Crippen LogP contribution in [0.25, 0.3) is 32.7 Å². The van der Waals surface area contributed by atoms with Crippen LogP contribution in [0.5, 0.6) is 0 Å². The van der Waals surface area contributed by atoms with Crippen LogP contribution >= 0.6 is 0 Å². The van der Waals surface area contributed by atoms with Crippen LogP contribution in [0.3, 0.4) is 0 Å². The Hall–Kier alpha value is -4.53. The number of benzene rings is 7. The van der Waals surface area contributed by atoms with Crippen molar-refractivity contribution >= 4 is 92.6 Å². The molecule has 9 rings (SSSR count). The zero-order valence-corrected chi connectivity index (χ0v) is 44.3. The van der Waals surface area contributed by atoms with Crippen molar-refractivity contribution in [2.75, 3.05) is 5.73 Å². The molecule has 68 heavy (non-hydrogen) atoms. The molecule has 0 saturated heterocycles. The van der Waals surface area contributed by atoms with Gasteiger partial charge in [0.25, 0.3) is 23.6 Å². The smallest absolute Gasteiger partial charge is 0.744 e. The van der Waals surface area contributed by atoms with Gasteiger partial charge in [-0.15, -0.1) is 0 Å². The molecule has 7 aromatic rings. The fourth-order valence-electron chi connectivity index (χ4n) is 7.84. The summed E-state index contributed by atoms with van der Waals surface area (Å²) in [4.78, 5) is 53.5. The minimum atomic E-state index is -5.29. The van der Waals surface area contributed by atoms with Crippen molar-refractivity contribution in [2.24, 2.45) is 10.2 Å². The molecule has 24 heteroatoms. The first-order chi connectivity index (χ1) is 30.7. The molecule has 0 unspecified atom stereocenters. The van der Waals surface area contributed by atoms with Gasteiger partial charge in [0.15, 0.2) is 0 Å². The molecule has 2 aliphatic heterocycles. The SMILES string of the molecule is Nc1c(S(=O)(=O)[O-])cc2c3c(cc(S(=O)(=O)[O-])cc13)C(=O)N(Cc1ccc(N=Nc3ccc(-c4ccc(CN5C(=O)c6cccc7cc(S(=O)(=O)[O-])cc(c67)C5=O)cc4)cc3)cc1)C2=O.[Na+].[Na+].[Na+]. The third kappa shape index (κ3) is 9.93. The van der Waals surface area contributed by atoms with E-state index in [1.807, 2.05) is 0 Å². The zero-order chi connectivity index (χ0) is 46.3. The van der Waals surface area contributed by atoms with Crippen molar-refractivity contribution in [1.82, 2.24) is 9.80 Å². The van der Waals surface area contributed by atoms with Gasteiger partial charge in [0, 0.05) is 32.8 Å². The van der Waals surface area contributed by atoms with E-state index < -0.39 is 90.9 Å². The van der Waals surface area contributed by atoms with Gasteiger partial charge in [-0.05, 0) is 88.3 Å². The first kappa shape index (κ1) is 52.8. The van der Waals surface area contributed by atoms with Crippen molar-refractivity contribution < 1.29 is 147 Å². The molecule has 0 atom stereocenters. The largest absolute Gasteiger partial charge is 1.00 e. The number of nitrogen functional groups attached to an aromatic ring is 1. The number of imide groups is 2. The number of nitrogens with two attached hydrogens (primary N) is 1. The molecule has 2 aliphatic rings. The van der Waals surface area contributed by atoms with E-state index in [9.17, 15) is 58.1 Å². The monoisotopic (exact) mass is 997 g/mol. The molecule has 0 fully saturated rings. The van der Waals surface area contributed by atoms with Crippen LogP contribution < -0.4 is 94.4 Å². The number of azo groups is 1. The molecule has 0 bridgehead atoms. The molecule has 7 aromatic carbocycles. The van der Waals surface area contributed by atoms with Crippen LogP contribution in [0.4, 0.5) is 17.1 Å². The summed E-state index contributed by atoms with van der Waals surface area (Å²) in [5.41, 5.74) is 7.98. The number of carbonyl (C=O) groups excluding carboxylic acids is 4. The summed E-state index contributed by atoms with van der Waals surface area (Å²) >= 11 is 0. The van der Waals surface area contributed by atoms with E-state index >= 15 is 0 Å². The van der Waals surface area contributed by atoms with Crippen LogP contribution in [-0.4, -0.2) is 72.3 Å². The Morgan fingerprint density at radius 1 is 0.471 bits per heavy atom. The predicted molar refractivity (Wildman–Crippen MR) is 227 cm³/mol. The number of nitrogens with zero attached hydrogens (tertiary/aromatic N) is 4. The summed E-state index contributed by atoms with van der Waals surface area (Å²) in [6, 6.07) is 29.3. The predicted octanol–water partition coefficient (Wildman–Crippen LogP) is -3.03. The van der Waals surface area contributed by atoms with E-state index in [1.165, 1.54) is 24.3 Å². The Morgan fingerprint density at radius 3 is 1.37 bits per heavy atom. The Morgan fingerprint density at radius 2 is 0.882 bits per heavy atom. The fourth-order valence-corrected chi connectivity index (χ4v) is 9.54. The Balaban J connectivity index is 0.00000254. The molecule has 18 nitrogen and oxygen atoms in total. The fraction of sp³-hybridized carbons (Fsp3) is 0.0455. The maximum absolute atomic E-state index is 13.6. The summed E-state index contributed by atoms with van der Waals surface area (Å²) in [5.74, 6) is -3.27. The van der Waals surface area contributed by atoms with E-state index in [4.69, 9.17) is 5.73 Å². The quantitative estimate of drug-likeness (QED) is 0.0469. The van der Waals surface area contributed by atoms with Crippen LogP contribution in [-0.2, 0) is 43.4 Å². The maximum Gasteiger partial charge on any atom is 1.00 e. The molecule has 0 spiro atoms. The Labute approximate surface area is 453 Å². The van der Waals surface area contributed by atoms with Gasteiger partial charge in [-0.25, -0.2) is 25.3 Å². The molecule has 0 saturated carbocycles. The van der Waals surface area contributed by atoms with Gasteiger partial charge in [-0.1, -0.05) is 60.7 Å². The van der Waals surface area contributed by atoms with Gasteiger partial charge < -0.3 is 19.4 Å². The van der Waals surface area contributed by atoms with Crippen LogP contribution in [0.15, 0.2) is 146 Å². The van der Waals surface area contributed by atoms with Gasteiger partial charge in [0.2, 0.25) is 0 Å². The second-order valence-corrected chi connectivity index (χ2v) is 19.1. The molecule has 4 amide bonds. The summed E-state index contributed by atoms with van der Waals surface area (Å²) < 4.78 is 107. The number of hydrogen-bond donors (Lipinski definition) is 1. The Bertz CT molecular complexity index is 3650. The first-order valence-corrected chi connectivity index (χ1v) is 23.2. The molecule has 2 N–H and O–H groups in total. The van der Waals surface area contributed by atoms with Gasteiger partial charge in [0.1, 0.15) is 30.4 Å². The maximum atomic E-state index is 13.6. The number of anilines is 1. The van der Waals surface area contributed by atoms with Crippen LogP contribution in [0.2, 0.25) is 0 Å². The van der Waals surface area contributed by atoms with Crippen molar-refractivity contribution in [3.05, 3.63) is 155 Å². The van der Waals surface area contributed by atoms with Crippen molar-refractivity contribution in [3.8, 4) is 11.1 Å². The van der Waals surface area contributed by atoms with Gasteiger partial charge in [-0.2, -0.15) is 10.2 Å². The van der Waals surface area contributed by atoms with Crippen LogP contribution in [0.1, 0.15) is 52.6 Å². The van der Waals surface area contributed by atoms with E-state index in [1.54, 1.807) is 66.7 Å². The molecule has 0 aromatic heterocycles. The molecule has 0 aliphatic carbocycles. The number of hydrogen-bond acceptors (Lipinski definition) is 16. The second-order valence-electron chi connectivity index (χ2n) is 15.0. The number of amides is 4. The summed E-state index contributed by atoms with van der Waals surface area (Å²) in [6.45, 7) is -0.496. The van der Waals surface area contributed by atoms with Gasteiger partial charge in [0.05, 0.1) is 50.4 Å². The average Bonchev–Trinajstić information content (AvgIpc) is 3.26. The molecule has 0 radical (unpaired) electrons. The summed E-state index contributed by atoms with van der Waals surface area (Å²) in [7, 11) is -15.4. The Kier molecular flexibility index (Phi) is 15.3. The van der Waals surface area contributed by atoms with Gasteiger partial charge in [-0.3, -0.25) is 29.0 Å². The molecular weight excluding hydrogens is 972 g/mol. The molecule has 326 valence electrons. The first-order valence-electron chi connectivity index (χ1n) is 18.9. The third-order valence-corrected chi connectivity index (χ3v) is 13.5. The van der Waals surface area contributed by atoms with E-state index in [2.05, 4.69) is 10.2 Å². The minimum Gasteiger partial charge on any atom is -0.744 e. The zero-order valence-electron chi connectivity index (χ0n) is 35.9. The van der Waals surface area contributed by atoms with Crippen molar-refractivity contribution in [1.29, 1.82) is 0 Å². The summed E-state index contributed by atoms with van der Waals surface area (Å²) in [6.07, 6.45) is 0. The van der Waals surface area contributed by atoms with E-state index in [-0.39, 0.29) is 129 Å². The normalized spacial score (nSPS) is 13.7. The molecular formula is C44H26N5Na3O13S3. The number of carbonyl (C=O) groups is 4. The van der Waals surface area contributed by atoms with Crippen molar-refractivity contribution in [2.45, 2.75) is 27.8 Å². The number of rotatable bonds is 10. The van der Waals surface area contributed by atoms with Crippen LogP contribution in [0, 0.1) is 0 Å².